The first-order valence-electron chi connectivity index (χ1n) is 5.81. The normalized spacial score (nSPS) is 20.4. The van der Waals surface area contributed by atoms with E-state index in [0.29, 0.717) is 13.0 Å². The lowest BCUT2D eigenvalue weighted by Crippen LogP contribution is -2.40. The first kappa shape index (κ1) is 13.0. The molecule has 2 rings (SSSR count). The lowest BCUT2D eigenvalue weighted by Gasteiger charge is -2.23. The molecule has 1 aromatic rings. The van der Waals surface area contributed by atoms with Crippen LogP contribution in [0.25, 0.3) is 0 Å². The van der Waals surface area contributed by atoms with E-state index in [-0.39, 0.29) is 11.3 Å². The maximum absolute atomic E-state index is 12.4. The van der Waals surface area contributed by atoms with Crippen molar-refractivity contribution in [3.8, 4) is 0 Å². The molecule has 0 radical (unpaired) electrons. The van der Waals surface area contributed by atoms with Crippen molar-refractivity contribution in [3.63, 3.8) is 0 Å². The summed E-state index contributed by atoms with van der Waals surface area (Å²) in [6.45, 7) is 2.15. The van der Waals surface area contributed by atoms with Gasteiger partial charge in [0.2, 0.25) is 5.91 Å². The van der Waals surface area contributed by atoms with Crippen molar-refractivity contribution in [2.45, 2.75) is 30.9 Å². The summed E-state index contributed by atoms with van der Waals surface area (Å²) in [4.78, 5) is 11.9. The van der Waals surface area contributed by atoms with Crippen LogP contribution in [-0.2, 0) is 19.6 Å². The lowest BCUT2D eigenvalue weighted by atomic mass is 10.3. The Morgan fingerprint density at radius 1 is 1.33 bits per heavy atom. The molecule has 0 aliphatic carbocycles. The van der Waals surface area contributed by atoms with Gasteiger partial charge in [-0.15, -0.1) is 0 Å². The van der Waals surface area contributed by atoms with Gasteiger partial charge in [0.1, 0.15) is 6.23 Å². The van der Waals surface area contributed by atoms with E-state index in [9.17, 15) is 13.2 Å². The molecule has 0 unspecified atom stereocenters. The van der Waals surface area contributed by atoms with Gasteiger partial charge in [0.15, 0.2) is 0 Å². The molecule has 0 aromatic heterocycles. The predicted octanol–water partition coefficient (Wildman–Crippen LogP) is 1.36. The van der Waals surface area contributed by atoms with Gasteiger partial charge in [0.25, 0.3) is 10.0 Å². The molecule has 98 valence electrons. The first-order chi connectivity index (χ1) is 8.57. The molecule has 0 bridgehead atoms. The zero-order valence-corrected chi connectivity index (χ0v) is 10.9. The van der Waals surface area contributed by atoms with Crippen LogP contribution in [0.4, 0.5) is 0 Å². The lowest BCUT2D eigenvalue weighted by molar-refractivity contribution is -0.128. The summed E-state index contributed by atoms with van der Waals surface area (Å²) in [5.41, 5.74) is 0. The summed E-state index contributed by atoms with van der Waals surface area (Å²) in [5.74, 6) is -0.405. The Balaban J connectivity index is 2.37. The highest BCUT2D eigenvalue weighted by Crippen LogP contribution is 2.27. The van der Waals surface area contributed by atoms with Crippen LogP contribution in [0, 0.1) is 0 Å². The molecule has 1 atom stereocenters. The van der Waals surface area contributed by atoms with Crippen molar-refractivity contribution in [2.75, 3.05) is 6.61 Å². The zero-order chi connectivity index (χ0) is 13.2. The Kier molecular flexibility index (Phi) is 3.68. The third-order valence-corrected chi connectivity index (χ3v) is 4.60. The molecule has 1 amide bonds. The Hall–Kier alpha value is -1.40. The number of carbonyl (C=O) groups excluding carboxylic acids is 1. The molecular weight excluding hydrogens is 254 g/mol. The molecule has 1 aromatic carbocycles. The first-order valence-corrected chi connectivity index (χ1v) is 7.25. The third-order valence-electron chi connectivity index (χ3n) is 2.77. The van der Waals surface area contributed by atoms with Crippen LogP contribution < -0.4 is 0 Å². The van der Waals surface area contributed by atoms with E-state index in [1.165, 1.54) is 12.1 Å². The predicted molar refractivity (Wildman–Crippen MR) is 65.1 cm³/mol. The van der Waals surface area contributed by atoms with E-state index in [0.717, 1.165) is 4.31 Å². The van der Waals surface area contributed by atoms with E-state index >= 15 is 0 Å². The minimum absolute atomic E-state index is 0.116. The van der Waals surface area contributed by atoms with E-state index < -0.39 is 22.2 Å². The summed E-state index contributed by atoms with van der Waals surface area (Å²) < 4.78 is 30.9. The summed E-state index contributed by atoms with van der Waals surface area (Å²) in [6.07, 6.45) is -0.0529. The summed E-state index contributed by atoms with van der Waals surface area (Å²) in [6, 6.07) is 7.94. The average Bonchev–Trinajstić information content (AvgIpc) is 2.73. The van der Waals surface area contributed by atoms with Crippen LogP contribution in [0.3, 0.4) is 0 Å². The molecule has 0 saturated carbocycles. The molecule has 1 aliphatic rings. The van der Waals surface area contributed by atoms with Crippen molar-refractivity contribution < 1.29 is 17.9 Å². The Morgan fingerprint density at radius 3 is 2.61 bits per heavy atom. The van der Waals surface area contributed by atoms with Crippen molar-refractivity contribution in [2.24, 2.45) is 0 Å². The maximum Gasteiger partial charge on any atom is 0.268 e. The number of amides is 1. The fourth-order valence-corrected chi connectivity index (χ4v) is 3.54. The average molecular weight is 269 g/mol. The topological polar surface area (TPSA) is 63.7 Å². The second-order valence-electron chi connectivity index (χ2n) is 3.96. The number of rotatable bonds is 4. The monoisotopic (exact) mass is 269 g/mol. The van der Waals surface area contributed by atoms with Crippen LogP contribution in [0.1, 0.15) is 19.8 Å². The largest absolute Gasteiger partial charge is 0.357 e. The summed E-state index contributed by atoms with van der Waals surface area (Å²) in [5, 5.41) is 0. The van der Waals surface area contributed by atoms with E-state index in [1.54, 1.807) is 25.1 Å². The molecule has 6 heteroatoms. The number of ether oxygens (including phenoxy) is 1. The molecule has 0 spiro atoms. The molecule has 1 saturated heterocycles. The number of hydrogen-bond donors (Lipinski definition) is 0. The molecular formula is C12H15NO4S. The van der Waals surface area contributed by atoms with Gasteiger partial charge in [0, 0.05) is 19.4 Å². The number of carbonyl (C=O) groups is 1. The second kappa shape index (κ2) is 5.07. The highest BCUT2D eigenvalue weighted by molar-refractivity contribution is 7.89. The van der Waals surface area contributed by atoms with E-state index in [2.05, 4.69) is 0 Å². The van der Waals surface area contributed by atoms with Gasteiger partial charge in [-0.3, -0.25) is 4.79 Å². The van der Waals surface area contributed by atoms with Crippen LogP contribution in [0.5, 0.6) is 0 Å². The Morgan fingerprint density at radius 2 is 2.00 bits per heavy atom. The van der Waals surface area contributed by atoms with Crippen molar-refractivity contribution in [1.29, 1.82) is 0 Å². The van der Waals surface area contributed by atoms with Gasteiger partial charge in [-0.1, -0.05) is 18.2 Å². The third kappa shape index (κ3) is 2.26. The number of sulfonamides is 1. The maximum atomic E-state index is 12.4. The van der Waals surface area contributed by atoms with E-state index in [1.807, 2.05) is 0 Å². The SMILES string of the molecule is CCO[C@H]1CCC(=O)N1S(=O)(=O)c1ccccc1. The fraction of sp³-hybridized carbons (Fsp3) is 0.417. The molecule has 5 nitrogen and oxygen atoms in total. The second-order valence-corrected chi connectivity index (χ2v) is 5.77. The van der Waals surface area contributed by atoms with Gasteiger partial charge in [-0.25, -0.2) is 12.7 Å². The Labute approximate surface area is 106 Å². The highest BCUT2D eigenvalue weighted by atomic mass is 32.2. The van der Waals surface area contributed by atoms with Crippen LogP contribution in [0.15, 0.2) is 35.2 Å². The zero-order valence-electron chi connectivity index (χ0n) is 10.1. The minimum Gasteiger partial charge on any atom is -0.357 e. The number of nitrogens with zero attached hydrogens (tertiary/aromatic N) is 1. The van der Waals surface area contributed by atoms with Crippen molar-refractivity contribution in [3.05, 3.63) is 30.3 Å². The van der Waals surface area contributed by atoms with Crippen LogP contribution in [0.2, 0.25) is 0 Å². The molecule has 18 heavy (non-hydrogen) atoms. The minimum atomic E-state index is -3.80. The standard InChI is InChI=1S/C12H15NO4S/c1-2-17-12-9-8-11(14)13(12)18(15,16)10-6-4-3-5-7-10/h3-7,12H,2,8-9H2,1H3/t12-/m0/s1. The quantitative estimate of drug-likeness (QED) is 0.828. The molecule has 1 aliphatic heterocycles. The Bertz CT molecular complexity index is 526. The van der Waals surface area contributed by atoms with Gasteiger partial charge in [-0.05, 0) is 19.1 Å². The number of benzene rings is 1. The summed E-state index contributed by atoms with van der Waals surface area (Å²) >= 11 is 0. The van der Waals surface area contributed by atoms with Crippen LogP contribution in [-0.4, -0.2) is 31.5 Å². The smallest absolute Gasteiger partial charge is 0.268 e. The van der Waals surface area contributed by atoms with Gasteiger partial charge >= 0.3 is 0 Å². The number of hydrogen-bond acceptors (Lipinski definition) is 4. The fourth-order valence-electron chi connectivity index (χ4n) is 1.97. The van der Waals surface area contributed by atoms with Gasteiger partial charge < -0.3 is 4.74 Å². The molecule has 0 N–H and O–H groups in total. The van der Waals surface area contributed by atoms with Crippen molar-refractivity contribution >= 4 is 15.9 Å². The van der Waals surface area contributed by atoms with Gasteiger partial charge in [0.05, 0.1) is 4.90 Å². The van der Waals surface area contributed by atoms with Crippen LogP contribution >= 0.6 is 0 Å². The molecule has 1 heterocycles. The molecule has 1 fully saturated rings. The van der Waals surface area contributed by atoms with Crippen molar-refractivity contribution in [1.82, 2.24) is 4.31 Å². The highest BCUT2D eigenvalue weighted by Gasteiger charge is 2.40. The van der Waals surface area contributed by atoms with Gasteiger partial charge in [-0.2, -0.15) is 0 Å². The van der Waals surface area contributed by atoms with E-state index in [4.69, 9.17) is 4.74 Å². The summed E-state index contributed by atoms with van der Waals surface area (Å²) in [7, 11) is -3.80.